The van der Waals surface area contributed by atoms with Gasteiger partial charge in [-0.15, -0.1) is 0 Å². The first kappa shape index (κ1) is 13.7. The number of aryl methyl sites for hydroxylation is 1. The van der Waals surface area contributed by atoms with E-state index < -0.39 is 0 Å². The fourth-order valence-electron chi connectivity index (χ4n) is 1.51. The van der Waals surface area contributed by atoms with Crippen molar-refractivity contribution in [2.45, 2.75) is 6.92 Å². The van der Waals surface area contributed by atoms with Crippen LogP contribution in [-0.2, 0) is 0 Å². The monoisotopic (exact) mass is 284 g/mol. The number of hydrogen-bond donors (Lipinski definition) is 3. The summed E-state index contributed by atoms with van der Waals surface area (Å²) in [4.78, 5) is 1.06. The highest BCUT2D eigenvalue weighted by Crippen LogP contribution is 2.26. The number of rotatable bonds is 4. The predicted molar refractivity (Wildman–Crippen MR) is 80.9 cm³/mol. The number of anilines is 1. The van der Waals surface area contributed by atoms with E-state index >= 15 is 0 Å². The molecule has 1 heterocycles. The molecule has 0 unspecified atom stereocenters. The molecule has 0 fully saturated rings. The molecule has 0 aliphatic rings. The van der Waals surface area contributed by atoms with E-state index in [-0.39, 0.29) is 11.5 Å². The van der Waals surface area contributed by atoms with Crippen molar-refractivity contribution in [1.29, 1.82) is 10.7 Å². The number of nitrogens with zero attached hydrogens (tertiary/aromatic N) is 3. The third-order valence-electron chi connectivity index (χ3n) is 2.43. The molecule has 4 N–H and O–H groups in total. The molecule has 0 saturated heterocycles. The minimum Gasteiger partial charge on any atom is -0.382 e. The highest BCUT2D eigenvalue weighted by molar-refractivity contribution is 7.09. The van der Waals surface area contributed by atoms with Crippen LogP contribution in [0.3, 0.4) is 0 Å². The van der Waals surface area contributed by atoms with Crippen molar-refractivity contribution in [3.63, 3.8) is 0 Å². The van der Waals surface area contributed by atoms with Gasteiger partial charge in [-0.2, -0.15) is 14.7 Å². The van der Waals surface area contributed by atoms with E-state index in [0.717, 1.165) is 16.1 Å². The first-order valence-corrected chi connectivity index (χ1v) is 6.49. The standard InChI is InChI=1S/C13H12N6S/c1-8-5-12(20-19-8)9-3-2-4-10(6-9)17-18-11(7-14)13(15)16/h2-6,17H,1H3,(H3,15,16)/b18-11+. The molecule has 0 radical (unpaired) electrons. The van der Waals surface area contributed by atoms with E-state index in [1.54, 1.807) is 6.07 Å². The van der Waals surface area contributed by atoms with Crippen molar-refractivity contribution in [3.8, 4) is 16.5 Å². The van der Waals surface area contributed by atoms with Crippen LogP contribution in [0.4, 0.5) is 5.69 Å². The maximum absolute atomic E-state index is 8.76. The van der Waals surface area contributed by atoms with Crippen molar-refractivity contribution in [3.05, 3.63) is 36.0 Å². The Labute approximate surface area is 120 Å². The Morgan fingerprint density at radius 2 is 2.30 bits per heavy atom. The third kappa shape index (κ3) is 3.18. The molecule has 6 nitrogen and oxygen atoms in total. The summed E-state index contributed by atoms with van der Waals surface area (Å²) in [5.41, 5.74) is 10.5. The Kier molecular flexibility index (Phi) is 4.08. The number of nitrogens with one attached hydrogen (secondary N) is 2. The maximum Gasteiger partial charge on any atom is 0.201 e. The Morgan fingerprint density at radius 1 is 1.50 bits per heavy atom. The zero-order chi connectivity index (χ0) is 14.5. The number of hydrazone groups is 1. The average Bonchev–Trinajstić information content (AvgIpc) is 2.86. The second-order valence-electron chi connectivity index (χ2n) is 4.01. The van der Waals surface area contributed by atoms with Gasteiger partial charge in [-0.3, -0.25) is 10.8 Å². The van der Waals surface area contributed by atoms with Crippen LogP contribution in [0.15, 0.2) is 35.4 Å². The molecular formula is C13H12N6S. The minimum absolute atomic E-state index is 0.149. The lowest BCUT2D eigenvalue weighted by atomic mass is 10.1. The summed E-state index contributed by atoms with van der Waals surface area (Å²) in [6, 6.07) is 11.3. The zero-order valence-corrected chi connectivity index (χ0v) is 11.5. The van der Waals surface area contributed by atoms with E-state index in [1.807, 2.05) is 37.3 Å². The highest BCUT2D eigenvalue weighted by Gasteiger charge is 2.04. The molecule has 2 aromatic rings. The van der Waals surface area contributed by atoms with Crippen LogP contribution in [0.5, 0.6) is 0 Å². The molecule has 1 aromatic carbocycles. The topological polar surface area (TPSA) is 111 Å². The molecule has 0 aliphatic carbocycles. The van der Waals surface area contributed by atoms with Crippen LogP contribution in [0, 0.1) is 23.7 Å². The second-order valence-corrected chi connectivity index (χ2v) is 4.82. The zero-order valence-electron chi connectivity index (χ0n) is 10.7. The molecule has 0 amide bonds. The Balaban J connectivity index is 2.23. The third-order valence-corrected chi connectivity index (χ3v) is 3.36. The number of aromatic nitrogens is 1. The Morgan fingerprint density at radius 3 is 2.90 bits per heavy atom. The summed E-state index contributed by atoms with van der Waals surface area (Å²) >= 11 is 1.43. The first-order chi connectivity index (χ1) is 9.60. The van der Waals surface area contributed by atoms with Gasteiger partial charge in [-0.25, -0.2) is 0 Å². The van der Waals surface area contributed by atoms with Gasteiger partial charge in [-0.1, -0.05) is 12.1 Å². The average molecular weight is 284 g/mol. The summed E-state index contributed by atoms with van der Waals surface area (Å²) < 4.78 is 4.24. The van der Waals surface area contributed by atoms with Crippen molar-refractivity contribution in [2.75, 3.05) is 5.43 Å². The largest absolute Gasteiger partial charge is 0.382 e. The molecule has 100 valence electrons. The smallest absolute Gasteiger partial charge is 0.201 e. The Bertz CT molecular complexity index is 710. The van der Waals surface area contributed by atoms with Crippen LogP contribution >= 0.6 is 11.5 Å². The molecule has 1 aromatic heterocycles. The van der Waals surface area contributed by atoms with Gasteiger partial charge in [0.25, 0.3) is 0 Å². The van der Waals surface area contributed by atoms with Gasteiger partial charge >= 0.3 is 0 Å². The van der Waals surface area contributed by atoms with E-state index in [1.165, 1.54) is 11.5 Å². The van der Waals surface area contributed by atoms with Gasteiger partial charge < -0.3 is 5.73 Å². The maximum atomic E-state index is 8.76. The molecule has 2 rings (SSSR count). The molecule has 0 spiro atoms. The van der Waals surface area contributed by atoms with Crippen molar-refractivity contribution >= 4 is 28.8 Å². The predicted octanol–water partition coefficient (Wildman–Crippen LogP) is 2.35. The first-order valence-electron chi connectivity index (χ1n) is 5.72. The molecule has 0 aliphatic heterocycles. The summed E-state index contributed by atoms with van der Waals surface area (Å²) in [7, 11) is 0. The van der Waals surface area contributed by atoms with Gasteiger partial charge in [0.2, 0.25) is 5.71 Å². The summed E-state index contributed by atoms with van der Waals surface area (Å²) in [5.74, 6) is -0.366. The lowest BCUT2D eigenvalue weighted by molar-refractivity contribution is 1.33. The lowest BCUT2D eigenvalue weighted by Crippen LogP contribution is -2.21. The van der Waals surface area contributed by atoms with E-state index in [0.29, 0.717) is 5.69 Å². The fourth-order valence-corrected chi connectivity index (χ4v) is 2.26. The van der Waals surface area contributed by atoms with Crippen LogP contribution in [-0.4, -0.2) is 15.9 Å². The highest BCUT2D eigenvalue weighted by atomic mass is 32.1. The van der Waals surface area contributed by atoms with Gasteiger partial charge in [-0.05, 0) is 42.2 Å². The van der Waals surface area contributed by atoms with Gasteiger partial charge in [0, 0.05) is 0 Å². The number of nitriles is 1. The van der Waals surface area contributed by atoms with Crippen LogP contribution in [0.25, 0.3) is 10.4 Å². The molecule has 20 heavy (non-hydrogen) atoms. The fraction of sp³-hybridized carbons (Fsp3) is 0.0769. The molecule has 7 heteroatoms. The van der Waals surface area contributed by atoms with E-state index in [4.69, 9.17) is 16.4 Å². The SMILES string of the molecule is Cc1cc(-c2cccc(N/N=C(\C#N)C(=N)N)c2)sn1. The second kappa shape index (κ2) is 5.95. The summed E-state index contributed by atoms with van der Waals surface area (Å²) in [6.07, 6.45) is 0. The summed E-state index contributed by atoms with van der Waals surface area (Å²) in [5, 5.41) is 19.7. The van der Waals surface area contributed by atoms with Crippen LogP contribution < -0.4 is 11.2 Å². The number of amidine groups is 1. The lowest BCUT2D eigenvalue weighted by Gasteiger charge is -2.03. The van der Waals surface area contributed by atoms with Crippen molar-refractivity contribution in [1.82, 2.24) is 4.37 Å². The molecule has 0 atom stereocenters. The van der Waals surface area contributed by atoms with Crippen molar-refractivity contribution in [2.24, 2.45) is 10.8 Å². The van der Waals surface area contributed by atoms with Crippen LogP contribution in [0.1, 0.15) is 5.69 Å². The van der Waals surface area contributed by atoms with Gasteiger partial charge in [0.1, 0.15) is 6.07 Å². The van der Waals surface area contributed by atoms with Crippen molar-refractivity contribution < 1.29 is 0 Å². The number of benzene rings is 1. The van der Waals surface area contributed by atoms with E-state index in [2.05, 4.69) is 14.9 Å². The van der Waals surface area contributed by atoms with Gasteiger partial charge in [0.15, 0.2) is 5.84 Å². The quantitative estimate of drug-likeness (QED) is 0.454. The van der Waals surface area contributed by atoms with E-state index in [9.17, 15) is 0 Å². The summed E-state index contributed by atoms with van der Waals surface area (Å²) in [6.45, 7) is 1.94. The Hall–Kier alpha value is -2.72. The molecular weight excluding hydrogens is 272 g/mol. The number of hydrogen-bond acceptors (Lipinski definition) is 6. The van der Waals surface area contributed by atoms with Gasteiger partial charge in [0.05, 0.1) is 16.3 Å². The van der Waals surface area contributed by atoms with Crippen LogP contribution in [0.2, 0.25) is 0 Å². The number of nitrogens with two attached hydrogens (primary N) is 1. The normalized spacial score (nSPS) is 10.9. The minimum atomic E-state index is -0.366. The molecule has 0 saturated carbocycles. The molecule has 0 bridgehead atoms.